The van der Waals surface area contributed by atoms with Gasteiger partial charge in [-0.1, -0.05) is 0 Å². The Labute approximate surface area is 104 Å². The zero-order valence-corrected chi connectivity index (χ0v) is 11.4. The second-order valence-electron chi connectivity index (χ2n) is 2.58. The molecule has 7 N–H and O–H groups in total. The van der Waals surface area contributed by atoms with Crippen LogP contribution in [-0.4, -0.2) is 52.5 Å². The van der Waals surface area contributed by atoms with Gasteiger partial charge in [0.05, 0.1) is 24.8 Å². The van der Waals surface area contributed by atoms with Gasteiger partial charge >= 0.3 is 35.3 Å². The second-order valence-corrected chi connectivity index (χ2v) is 5.86. The molecule has 6 nitrogen and oxygen atoms in total. The van der Waals surface area contributed by atoms with Crippen LogP contribution >= 0.6 is 18.8 Å². The number of rotatable bonds is 5. The van der Waals surface area contributed by atoms with Gasteiger partial charge in [-0.15, -0.1) is 0 Å². The van der Waals surface area contributed by atoms with E-state index in [1.54, 1.807) is 0 Å². The Hall–Kier alpha value is 0.738. The summed E-state index contributed by atoms with van der Waals surface area (Å²) >= 11 is -0.472. The van der Waals surface area contributed by atoms with E-state index in [4.69, 9.17) is 45.6 Å². The van der Waals surface area contributed by atoms with Crippen molar-refractivity contribution < 1.29 is 36.6 Å². The minimum atomic E-state index is -1.39. The Morgan fingerprint density at radius 2 is 1.73 bits per heavy atom. The van der Waals surface area contributed by atoms with Crippen LogP contribution in [0, 0.1) is 0 Å². The number of carbonyl (C=O) groups is 1. The van der Waals surface area contributed by atoms with E-state index in [0.29, 0.717) is 6.29 Å². The van der Waals surface area contributed by atoms with Crippen molar-refractivity contribution in [2.45, 2.75) is 24.3 Å². The van der Waals surface area contributed by atoms with E-state index in [9.17, 15) is 4.79 Å². The zero-order valence-electron chi connectivity index (χ0n) is 7.57. The average Bonchev–Trinajstić information content (AvgIpc) is 2.25. The van der Waals surface area contributed by atoms with Crippen LogP contribution in [0.3, 0.4) is 0 Å². The van der Waals surface area contributed by atoms with Crippen LogP contribution in [-0.2, 0) is 21.3 Å². The number of halogens is 2. The minimum absolute atomic E-state index is 0.373. The third-order valence-electron chi connectivity index (χ3n) is 1.58. The first kappa shape index (κ1) is 18.1. The summed E-state index contributed by atoms with van der Waals surface area (Å²) in [6.45, 7) is -0.625. The van der Waals surface area contributed by atoms with E-state index in [1.807, 2.05) is 0 Å². The Bertz CT molecular complexity index is 168. The molecule has 0 heterocycles. The van der Waals surface area contributed by atoms with Gasteiger partial charge in [0.25, 0.3) is 0 Å². The summed E-state index contributed by atoms with van der Waals surface area (Å²) in [5, 5.41) is 26.4. The van der Waals surface area contributed by atoms with Gasteiger partial charge in [0.1, 0.15) is 12.4 Å². The maximum atomic E-state index is 10.1. The molecule has 0 amide bonds. The Morgan fingerprint density at radius 3 is 2.00 bits per heavy atom. The van der Waals surface area contributed by atoms with Crippen molar-refractivity contribution in [1.82, 2.24) is 0 Å². The molecule has 4 atom stereocenters. The molecular formula is C6H14Cl2N2O4Pt. The molecule has 0 fully saturated rings. The number of hydrogen-bond donors (Lipinski definition) is 5. The maximum absolute atomic E-state index is 10.1. The van der Waals surface area contributed by atoms with E-state index >= 15 is 0 Å². The van der Waals surface area contributed by atoms with E-state index in [2.05, 4.69) is 0 Å². The molecule has 0 aromatic heterocycles. The third-order valence-corrected chi connectivity index (χ3v) is 1.58. The van der Waals surface area contributed by atoms with Crippen molar-refractivity contribution >= 4 is 25.1 Å². The molecule has 0 rings (SSSR count). The van der Waals surface area contributed by atoms with Gasteiger partial charge in [0.2, 0.25) is 0 Å². The molecule has 0 aliphatic heterocycles. The molecule has 96 valence electrons. The predicted octanol–water partition coefficient (Wildman–Crippen LogP) is -2.07. The average molecular weight is 444 g/mol. The van der Waals surface area contributed by atoms with Gasteiger partial charge < -0.3 is 31.6 Å². The number of nitrogens with two attached hydrogens (primary N) is 2. The molecule has 0 aromatic rings. The monoisotopic (exact) mass is 443 g/mol. The predicted molar refractivity (Wildman–Crippen MR) is 52.8 cm³/mol. The van der Waals surface area contributed by atoms with Crippen LogP contribution in [0.25, 0.3) is 0 Å². The van der Waals surface area contributed by atoms with Gasteiger partial charge in [-0.25, -0.2) is 0 Å². The molecular weight excluding hydrogens is 430 g/mol. The summed E-state index contributed by atoms with van der Waals surface area (Å²) in [6, 6.07) is -2.11. The fraction of sp³-hybridized carbons (Fsp3) is 0.833. The SMILES string of the molecule is N[C@@H]([C@H](O)[C@H](O)CO)[C@@H](N)C=O.[Cl][Pt][Cl]. The molecule has 0 aromatic carbocycles. The quantitative estimate of drug-likeness (QED) is 0.310. The van der Waals surface area contributed by atoms with Crippen LogP contribution in [0.15, 0.2) is 0 Å². The van der Waals surface area contributed by atoms with Crippen molar-refractivity contribution in [2.75, 3.05) is 6.61 Å². The van der Waals surface area contributed by atoms with Crippen LogP contribution in [0.4, 0.5) is 0 Å². The number of aliphatic hydroxyl groups excluding tert-OH is 3. The van der Waals surface area contributed by atoms with Crippen molar-refractivity contribution in [3.8, 4) is 0 Å². The zero-order chi connectivity index (χ0) is 12.4. The summed E-state index contributed by atoms with van der Waals surface area (Å²) < 4.78 is 0. The van der Waals surface area contributed by atoms with E-state index in [1.165, 1.54) is 0 Å². The molecule has 0 radical (unpaired) electrons. The molecule has 9 heteroatoms. The molecule has 0 saturated carbocycles. The van der Waals surface area contributed by atoms with E-state index in [0.717, 1.165) is 0 Å². The summed E-state index contributed by atoms with van der Waals surface area (Å²) in [4.78, 5) is 10.1. The third kappa shape index (κ3) is 8.54. The van der Waals surface area contributed by atoms with Gasteiger partial charge in [-0.3, -0.25) is 0 Å². The molecule has 0 aliphatic carbocycles. The first-order valence-corrected chi connectivity index (χ1v) is 9.35. The number of carbonyl (C=O) groups excluding carboxylic acids is 1. The number of hydrogen-bond acceptors (Lipinski definition) is 6. The van der Waals surface area contributed by atoms with Gasteiger partial charge in [0.15, 0.2) is 0 Å². The van der Waals surface area contributed by atoms with E-state index in [-0.39, 0.29) is 0 Å². The normalized spacial score (nSPS) is 18.3. The fourth-order valence-electron chi connectivity index (χ4n) is 0.683. The van der Waals surface area contributed by atoms with Gasteiger partial charge in [-0.05, 0) is 0 Å². The summed E-state index contributed by atoms with van der Waals surface area (Å²) in [5.74, 6) is 0. The standard InChI is InChI=1S/C6H14N2O4.2ClH.Pt/c7-3(1-9)5(8)6(12)4(11)2-10;;;/h1,3-6,10-12H,2,7-8H2;2*1H;/q;;;+2/p-2/t3-,4+,5+,6+;;;/m0.../s1. The summed E-state index contributed by atoms with van der Waals surface area (Å²) in [6.07, 6.45) is -2.39. The van der Waals surface area contributed by atoms with Crippen LogP contribution < -0.4 is 11.5 Å². The van der Waals surface area contributed by atoms with Crippen molar-refractivity contribution in [3.63, 3.8) is 0 Å². The van der Waals surface area contributed by atoms with Crippen molar-refractivity contribution in [3.05, 3.63) is 0 Å². The molecule has 0 aliphatic rings. The second kappa shape index (κ2) is 11.2. The number of aliphatic hydroxyl groups is 3. The van der Waals surface area contributed by atoms with Crippen molar-refractivity contribution in [2.24, 2.45) is 11.5 Å². The van der Waals surface area contributed by atoms with Crippen LogP contribution in [0.1, 0.15) is 0 Å². The van der Waals surface area contributed by atoms with Gasteiger partial charge in [0, 0.05) is 0 Å². The first-order valence-electron chi connectivity index (χ1n) is 3.72. The van der Waals surface area contributed by atoms with Crippen molar-refractivity contribution in [1.29, 1.82) is 0 Å². The molecule has 0 bridgehead atoms. The van der Waals surface area contributed by atoms with Crippen LogP contribution in [0.2, 0.25) is 0 Å². The summed E-state index contributed by atoms with van der Waals surface area (Å²) in [7, 11) is 9.75. The Kier molecular flexibility index (Phi) is 13.6. The van der Waals surface area contributed by atoms with E-state index < -0.39 is 47.4 Å². The molecule has 0 unspecified atom stereocenters. The number of aldehydes is 1. The Balaban J connectivity index is 0. The molecule has 15 heavy (non-hydrogen) atoms. The van der Waals surface area contributed by atoms with Crippen LogP contribution in [0.5, 0.6) is 0 Å². The fourth-order valence-corrected chi connectivity index (χ4v) is 0.683. The Morgan fingerprint density at radius 1 is 1.33 bits per heavy atom. The topological polar surface area (TPSA) is 130 Å². The molecule has 0 saturated heterocycles. The summed E-state index contributed by atoms with van der Waals surface area (Å²) in [5.41, 5.74) is 10.4. The molecule has 0 spiro atoms. The first-order chi connectivity index (χ1) is 6.95. The van der Waals surface area contributed by atoms with Gasteiger partial charge in [-0.2, -0.15) is 0 Å².